The van der Waals surface area contributed by atoms with Gasteiger partial charge in [-0.2, -0.15) is 4.31 Å². The second-order valence-electron chi connectivity index (χ2n) is 5.83. The number of nitrogens with zero attached hydrogens (tertiary/aromatic N) is 2. The number of ether oxygens (including phenoxy) is 1. The molecule has 7 nitrogen and oxygen atoms in total. The zero-order valence-electron chi connectivity index (χ0n) is 14.0. The van der Waals surface area contributed by atoms with E-state index in [0.717, 1.165) is 3.97 Å². The van der Waals surface area contributed by atoms with E-state index < -0.39 is 20.0 Å². The van der Waals surface area contributed by atoms with Crippen molar-refractivity contribution in [1.82, 2.24) is 8.28 Å². The molecule has 1 aliphatic heterocycles. The Morgan fingerprint density at radius 3 is 2.12 bits per heavy atom. The van der Waals surface area contributed by atoms with Gasteiger partial charge in [-0.15, -0.1) is 0 Å². The van der Waals surface area contributed by atoms with Crippen LogP contribution in [0.3, 0.4) is 0 Å². The quantitative estimate of drug-likeness (QED) is 0.795. The fourth-order valence-electron chi connectivity index (χ4n) is 2.97. The Hall–Kier alpha value is -1.68. The topological polar surface area (TPSA) is 85.7 Å². The highest BCUT2D eigenvalue weighted by atomic mass is 32.2. The fraction of sp³-hybridized carbons (Fsp3) is 0.375. The van der Waals surface area contributed by atoms with Gasteiger partial charge in [0.05, 0.1) is 23.8 Å². The molecule has 1 fully saturated rings. The van der Waals surface area contributed by atoms with Gasteiger partial charge in [-0.1, -0.05) is 18.2 Å². The number of benzene rings is 1. The van der Waals surface area contributed by atoms with Crippen molar-refractivity contribution in [3.05, 3.63) is 47.8 Å². The second kappa shape index (κ2) is 6.56. The Kier molecular flexibility index (Phi) is 4.76. The summed E-state index contributed by atoms with van der Waals surface area (Å²) in [6, 6.07) is 9.39. The molecule has 25 heavy (non-hydrogen) atoms. The van der Waals surface area contributed by atoms with Crippen LogP contribution in [-0.4, -0.2) is 51.4 Å². The predicted molar refractivity (Wildman–Crippen MR) is 92.5 cm³/mol. The molecule has 0 unspecified atom stereocenters. The fourth-order valence-corrected chi connectivity index (χ4v) is 6.32. The number of hydrogen-bond acceptors (Lipinski definition) is 5. The molecule has 136 valence electrons. The lowest BCUT2D eigenvalue weighted by Gasteiger charge is -2.26. The van der Waals surface area contributed by atoms with Crippen molar-refractivity contribution >= 4 is 20.0 Å². The van der Waals surface area contributed by atoms with Crippen LogP contribution in [0.4, 0.5) is 0 Å². The van der Waals surface area contributed by atoms with Gasteiger partial charge in [0, 0.05) is 18.8 Å². The van der Waals surface area contributed by atoms with E-state index in [2.05, 4.69) is 0 Å². The molecule has 2 aromatic rings. The SMILES string of the molecule is Cc1cc(S(=O)(=O)N2CCOCC2)c(C)n1S(=O)(=O)c1ccccc1. The lowest BCUT2D eigenvalue weighted by Crippen LogP contribution is -2.40. The lowest BCUT2D eigenvalue weighted by atomic mass is 10.4. The minimum absolute atomic E-state index is 0.0198. The highest BCUT2D eigenvalue weighted by molar-refractivity contribution is 7.90. The Balaban J connectivity index is 2.11. The van der Waals surface area contributed by atoms with Gasteiger partial charge in [-0.3, -0.25) is 0 Å². The largest absolute Gasteiger partial charge is 0.379 e. The summed E-state index contributed by atoms with van der Waals surface area (Å²) in [5.41, 5.74) is 0.543. The maximum Gasteiger partial charge on any atom is 0.268 e. The van der Waals surface area contributed by atoms with Gasteiger partial charge in [-0.05, 0) is 32.0 Å². The minimum atomic E-state index is -3.86. The number of rotatable bonds is 4. The summed E-state index contributed by atoms with van der Waals surface area (Å²) < 4.78 is 59.3. The molecule has 0 aliphatic carbocycles. The molecule has 0 amide bonds. The molecule has 1 aliphatic rings. The minimum Gasteiger partial charge on any atom is -0.379 e. The van der Waals surface area contributed by atoms with Crippen LogP contribution in [0.2, 0.25) is 0 Å². The Bertz CT molecular complexity index is 973. The van der Waals surface area contributed by atoms with E-state index in [1.54, 1.807) is 25.1 Å². The second-order valence-corrected chi connectivity index (χ2v) is 9.53. The van der Waals surface area contributed by atoms with Gasteiger partial charge in [0.2, 0.25) is 10.0 Å². The molecule has 0 radical (unpaired) electrons. The van der Waals surface area contributed by atoms with Crippen molar-refractivity contribution in [2.45, 2.75) is 23.6 Å². The van der Waals surface area contributed by atoms with E-state index in [4.69, 9.17) is 4.74 Å². The van der Waals surface area contributed by atoms with Gasteiger partial charge in [0.1, 0.15) is 4.90 Å². The highest BCUT2D eigenvalue weighted by Gasteiger charge is 2.32. The first kappa shape index (κ1) is 18.1. The van der Waals surface area contributed by atoms with Crippen molar-refractivity contribution in [3.63, 3.8) is 0 Å². The van der Waals surface area contributed by atoms with Crippen LogP contribution < -0.4 is 0 Å². The zero-order chi connectivity index (χ0) is 18.2. The number of sulfonamides is 1. The molecule has 9 heteroatoms. The average molecular weight is 384 g/mol. The molecular formula is C16H20N2O5S2. The molecular weight excluding hydrogens is 364 g/mol. The van der Waals surface area contributed by atoms with Gasteiger partial charge in [0.15, 0.2) is 0 Å². The third kappa shape index (κ3) is 3.12. The molecule has 0 saturated carbocycles. The molecule has 0 bridgehead atoms. The van der Waals surface area contributed by atoms with E-state index in [1.807, 2.05) is 0 Å². The third-order valence-corrected chi connectivity index (χ3v) is 8.12. The summed E-state index contributed by atoms with van der Waals surface area (Å²) in [6.07, 6.45) is 0. The molecule has 0 spiro atoms. The summed E-state index contributed by atoms with van der Waals surface area (Å²) in [7, 11) is -7.63. The van der Waals surface area contributed by atoms with Crippen molar-refractivity contribution in [3.8, 4) is 0 Å². The number of aryl methyl sites for hydroxylation is 1. The lowest BCUT2D eigenvalue weighted by molar-refractivity contribution is 0.0730. The number of aromatic nitrogens is 1. The molecule has 2 heterocycles. The van der Waals surface area contributed by atoms with Crippen LogP contribution in [0.25, 0.3) is 0 Å². The summed E-state index contributed by atoms with van der Waals surface area (Å²) in [5.74, 6) is 0. The maximum absolute atomic E-state index is 12.9. The standard InChI is InChI=1S/C16H20N2O5S2/c1-13-12-16(25(21,22)17-8-10-23-11-9-17)14(2)18(13)24(19,20)15-6-4-3-5-7-15/h3-7,12H,8-11H2,1-2H3. The third-order valence-electron chi connectivity index (χ3n) is 4.19. The number of morpholine rings is 1. The summed E-state index contributed by atoms with van der Waals surface area (Å²) >= 11 is 0. The summed E-state index contributed by atoms with van der Waals surface area (Å²) in [4.78, 5) is 0.138. The average Bonchev–Trinajstić information content (AvgIpc) is 2.92. The van der Waals surface area contributed by atoms with E-state index >= 15 is 0 Å². The molecule has 3 rings (SSSR count). The van der Waals surface area contributed by atoms with E-state index in [1.165, 1.54) is 29.4 Å². The molecule has 1 aromatic carbocycles. The van der Waals surface area contributed by atoms with Crippen LogP contribution in [-0.2, 0) is 24.8 Å². The van der Waals surface area contributed by atoms with Crippen LogP contribution >= 0.6 is 0 Å². The first-order valence-corrected chi connectivity index (χ1v) is 10.7. The van der Waals surface area contributed by atoms with E-state index in [-0.39, 0.29) is 28.6 Å². The van der Waals surface area contributed by atoms with Crippen molar-refractivity contribution < 1.29 is 21.6 Å². The smallest absolute Gasteiger partial charge is 0.268 e. The van der Waals surface area contributed by atoms with Crippen molar-refractivity contribution in [2.24, 2.45) is 0 Å². The van der Waals surface area contributed by atoms with Gasteiger partial charge in [0.25, 0.3) is 10.0 Å². The van der Waals surface area contributed by atoms with Crippen LogP contribution in [0.15, 0.2) is 46.2 Å². The Morgan fingerprint density at radius 1 is 0.920 bits per heavy atom. The van der Waals surface area contributed by atoms with Gasteiger partial charge in [-0.25, -0.2) is 20.8 Å². The van der Waals surface area contributed by atoms with E-state index in [9.17, 15) is 16.8 Å². The Morgan fingerprint density at radius 2 is 1.52 bits per heavy atom. The highest BCUT2D eigenvalue weighted by Crippen LogP contribution is 2.28. The maximum atomic E-state index is 12.9. The monoisotopic (exact) mass is 384 g/mol. The predicted octanol–water partition coefficient (Wildman–Crippen LogP) is 1.36. The molecule has 0 N–H and O–H groups in total. The first-order valence-electron chi connectivity index (χ1n) is 7.84. The van der Waals surface area contributed by atoms with Crippen LogP contribution in [0, 0.1) is 13.8 Å². The van der Waals surface area contributed by atoms with Crippen molar-refractivity contribution in [1.29, 1.82) is 0 Å². The normalized spacial score (nSPS) is 16.9. The van der Waals surface area contributed by atoms with Gasteiger partial charge >= 0.3 is 0 Å². The molecule has 0 atom stereocenters. The van der Waals surface area contributed by atoms with Gasteiger partial charge < -0.3 is 4.74 Å². The molecule has 1 saturated heterocycles. The summed E-state index contributed by atoms with van der Waals surface area (Å²) in [6.45, 7) is 4.29. The number of hydrogen-bond donors (Lipinski definition) is 0. The van der Waals surface area contributed by atoms with Crippen LogP contribution in [0.5, 0.6) is 0 Å². The Labute approximate surface area is 147 Å². The molecule has 1 aromatic heterocycles. The first-order chi connectivity index (χ1) is 11.8. The van der Waals surface area contributed by atoms with Crippen LogP contribution in [0.1, 0.15) is 11.4 Å². The zero-order valence-corrected chi connectivity index (χ0v) is 15.7. The van der Waals surface area contributed by atoms with E-state index in [0.29, 0.717) is 18.9 Å². The summed E-state index contributed by atoms with van der Waals surface area (Å²) in [5, 5.41) is 0. The van der Waals surface area contributed by atoms with Crippen molar-refractivity contribution in [2.75, 3.05) is 26.3 Å².